The fourth-order valence-corrected chi connectivity index (χ4v) is 5.64. The molecule has 0 bridgehead atoms. The van der Waals surface area contributed by atoms with Crippen LogP contribution >= 0.6 is 0 Å². The molecule has 9 heteroatoms. The van der Waals surface area contributed by atoms with E-state index in [1.165, 1.54) is 0 Å². The lowest BCUT2D eigenvalue weighted by atomic mass is 9.98. The minimum Gasteiger partial charge on any atom is -0.326 e. The van der Waals surface area contributed by atoms with Gasteiger partial charge in [0.15, 0.2) is 11.6 Å². The SMILES string of the molecule is N[C@H]1C[C@@H](N2Cc3cn[nH]c3C2)CS(=O)C1c1cc(F)cc(F)c1F. The maximum atomic E-state index is 14.1. The van der Waals surface area contributed by atoms with Crippen LogP contribution < -0.4 is 5.73 Å². The van der Waals surface area contributed by atoms with Crippen LogP contribution in [0.3, 0.4) is 0 Å². The summed E-state index contributed by atoms with van der Waals surface area (Å²) in [6.07, 6.45) is 2.24. The average molecular weight is 370 g/mol. The molecule has 4 rings (SSSR count). The predicted molar refractivity (Wildman–Crippen MR) is 86.3 cm³/mol. The van der Waals surface area contributed by atoms with Gasteiger partial charge in [0.05, 0.1) is 17.1 Å². The molecule has 2 aromatic rings. The van der Waals surface area contributed by atoms with Gasteiger partial charge in [-0.25, -0.2) is 13.2 Å². The van der Waals surface area contributed by atoms with Crippen molar-refractivity contribution in [2.45, 2.75) is 36.8 Å². The molecule has 4 atom stereocenters. The molecule has 134 valence electrons. The molecular weight excluding hydrogens is 353 g/mol. The Morgan fingerprint density at radius 1 is 1.28 bits per heavy atom. The van der Waals surface area contributed by atoms with Crippen LogP contribution in [-0.4, -0.2) is 37.1 Å². The Morgan fingerprint density at radius 2 is 2.08 bits per heavy atom. The van der Waals surface area contributed by atoms with Gasteiger partial charge in [-0.2, -0.15) is 5.10 Å². The molecule has 0 spiro atoms. The van der Waals surface area contributed by atoms with E-state index in [1.54, 1.807) is 6.20 Å². The number of aromatic nitrogens is 2. The normalized spacial score (nSPS) is 29.8. The number of halogens is 3. The first-order chi connectivity index (χ1) is 11.9. The molecule has 2 unspecified atom stereocenters. The third-order valence-corrected chi connectivity index (χ3v) is 6.84. The molecule has 0 amide bonds. The van der Waals surface area contributed by atoms with Crippen molar-refractivity contribution >= 4 is 10.8 Å². The van der Waals surface area contributed by atoms with Gasteiger partial charge >= 0.3 is 0 Å². The number of benzene rings is 1. The Labute approximate surface area is 144 Å². The highest BCUT2D eigenvalue weighted by molar-refractivity contribution is 7.85. The Morgan fingerprint density at radius 3 is 2.80 bits per heavy atom. The van der Waals surface area contributed by atoms with E-state index in [-0.39, 0.29) is 17.4 Å². The lowest BCUT2D eigenvalue weighted by Gasteiger charge is -2.38. The molecule has 25 heavy (non-hydrogen) atoms. The van der Waals surface area contributed by atoms with Crippen molar-refractivity contribution in [3.63, 3.8) is 0 Å². The topological polar surface area (TPSA) is 75.0 Å². The Hall–Kier alpha value is -1.71. The molecule has 2 aliphatic heterocycles. The van der Waals surface area contributed by atoms with Crippen LogP contribution in [0.4, 0.5) is 13.2 Å². The van der Waals surface area contributed by atoms with Gasteiger partial charge in [-0.05, 0) is 12.5 Å². The summed E-state index contributed by atoms with van der Waals surface area (Å²) in [4.78, 5) is 2.15. The number of nitrogens with one attached hydrogen (secondary N) is 1. The van der Waals surface area contributed by atoms with E-state index in [1.807, 2.05) is 0 Å². The molecule has 1 fully saturated rings. The third kappa shape index (κ3) is 2.90. The van der Waals surface area contributed by atoms with E-state index in [4.69, 9.17) is 5.73 Å². The van der Waals surface area contributed by atoms with E-state index in [2.05, 4.69) is 15.1 Å². The maximum absolute atomic E-state index is 14.1. The van der Waals surface area contributed by atoms with Gasteiger partial charge in [0.25, 0.3) is 0 Å². The van der Waals surface area contributed by atoms with Crippen LogP contribution in [-0.2, 0) is 23.9 Å². The fourth-order valence-electron chi connectivity index (χ4n) is 3.75. The molecule has 1 aromatic carbocycles. The van der Waals surface area contributed by atoms with Crippen LogP contribution in [0, 0.1) is 17.5 Å². The summed E-state index contributed by atoms with van der Waals surface area (Å²) in [5, 5.41) is 6.00. The van der Waals surface area contributed by atoms with Gasteiger partial charge in [-0.3, -0.25) is 14.2 Å². The summed E-state index contributed by atoms with van der Waals surface area (Å²) in [6.45, 7) is 1.35. The summed E-state index contributed by atoms with van der Waals surface area (Å²) < 4.78 is 53.8. The molecule has 3 N–H and O–H groups in total. The largest absolute Gasteiger partial charge is 0.326 e. The van der Waals surface area contributed by atoms with Crippen molar-refractivity contribution in [2.75, 3.05) is 5.75 Å². The molecule has 1 saturated heterocycles. The molecular formula is C16H17F3N4OS. The molecule has 3 heterocycles. The Bertz CT molecular complexity index is 822. The summed E-state index contributed by atoms with van der Waals surface area (Å²) in [5.74, 6) is -3.07. The van der Waals surface area contributed by atoms with Crippen molar-refractivity contribution in [3.05, 3.63) is 52.6 Å². The zero-order chi connectivity index (χ0) is 17.7. The molecule has 0 saturated carbocycles. The second-order valence-electron chi connectivity index (χ2n) is 6.59. The van der Waals surface area contributed by atoms with Crippen molar-refractivity contribution < 1.29 is 17.4 Å². The number of hydrogen-bond donors (Lipinski definition) is 2. The number of hydrogen-bond acceptors (Lipinski definition) is 4. The van der Waals surface area contributed by atoms with Gasteiger partial charge in [0.2, 0.25) is 0 Å². The predicted octanol–water partition coefficient (Wildman–Crippen LogP) is 1.73. The minimum atomic E-state index is -1.53. The second kappa shape index (κ2) is 6.22. The van der Waals surface area contributed by atoms with E-state index < -0.39 is 39.5 Å². The van der Waals surface area contributed by atoms with Crippen molar-refractivity contribution in [2.24, 2.45) is 5.73 Å². The number of nitrogens with zero attached hydrogens (tertiary/aromatic N) is 2. The van der Waals surface area contributed by atoms with E-state index >= 15 is 0 Å². The monoisotopic (exact) mass is 370 g/mol. The smallest absolute Gasteiger partial charge is 0.163 e. The maximum Gasteiger partial charge on any atom is 0.163 e. The number of fused-ring (bicyclic) bond motifs is 1. The molecule has 1 aromatic heterocycles. The number of H-pyrrole nitrogens is 1. The van der Waals surface area contributed by atoms with E-state index in [0.717, 1.165) is 17.3 Å². The van der Waals surface area contributed by atoms with Gasteiger partial charge in [0, 0.05) is 58.9 Å². The van der Waals surface area contributed by atoms with Gasteiger partial charge in [0.1, 0.15) is 5.82 Å². The first kappa shape index (κ1) is 16.7. The number of nitrogens with two attached hydrogens (primary N) is 1. The highest BCUT2D eigenvalue weighted by Gasteiger charge is 2.40. The number of aromatic amines is 1. The summed E-state index contributed by atoms with van der Waals surface area (Å²) in [7, 11) is -1.53. The highest BCUT2D eigenvalue weighted by Crippen LogP contribution is 2.36. The molecule has 5 nitrogen and oxygen atoms in total. The van der Waals surface area contributed by atoms with Gasteiger partial charge in [-0.15, -0.1) is 0 Å². The second-order valence-corrected chi connectivity index (χ2v) is 8.19. The summed E-state index contributed by atoms with van der Waals surface area (Å²) in [5.41, 5.74) is 8.04. The van der Waals surface area contributed by atoms with Gasteiger partial charge in [-0.1, -0.05) is 0 Å². The van der Waals surface area contributed by atoms with Crippen LogP contribution in [0.15, 0.2) is 18.3 Å². The standard InChI is InChI=1S/C16H17F3N4OS/c17-9-1-11(15(19)12(18)2-9)16-13(20)3-10(7-25(16)24)23-5-8-4-21-22-14(8)6-23/h1-2,4,10,13,16H,3,5-7,20H2,(H,21,22)/t10-,13+,16?,25?/m1/s1. The van der Waals surface area contributed by atoms with Crippen molar-refractivity contribution in [1.29, 1.82) is 0 Å². The third-order valence-electron chi connectivity index (χ3n) is 4.96. The molecule has 0 radical (unpaired) electrons. The first-order valence-corrected chi connectivity index (χ1v) is 9.34. The Balaban J connectivity index is 1.55. The van der Waals surface area contributed by atoms with Crippen molar-refractivity contribution in [1.82, 2.24) is 15.1 Å². The fraction of sp³-hybridized carbons (Fsp3) is 0.438. The summed E-state index contributed by atoms with van der Waals surface area (Å²) in [6, 6.07) is 0.694. The quantitative estimate of drug-likeness (QED) is 0.790. The van der Waals surface area contributed by atoms with Crippen LogP contribution in [0.2, 0.25) is 0 Å². The van der Waals surface area contributed by atoms with E-state index in [9.17, 15) is 17.4 Å². The minimum absolute atomic E-state index is 0.0330. The zero-order valence-corrected chi connectivity index (χ0v) is 14.0. The Kier molecular flexibility index (Phi) is 4.17. The highest BCUT2D eigenvalue weighted by atomic mass is 32.2. The average Bonchev–Trinajstić information content (AvgIpc) is 3.12. The first-order valence-electron chi connectivity index (χ1n) is 7.96. The number of rotatable bonds is 2. The molecule has 0 aliphatic carbocycles. The van der Waals surface area contributed by atoms with Crippen LogP contribution in [0.25, 0.3) is 0 Å². The zero-order valence-electron chi connectivity index (χ0n) is 13.2. The lowest BCUT2D eigenvalue weighted by Crippen LogP contribution is -2.49. The van der Waals surface area contributed by atoms with Crippen molar-refractivity contribution in [3.8, 4) is 0 Å². The molecule has 2 aliphatic rings. The van der Waals surface area contributed by atoms with Gasteiger partial charge < -0.3 is 5.73 Å². The summed E-state index contributed by atoms with van der Waals surface area (Å²) >= 11 is 0. The lowest BCUT2D eigenvalue weighted by molar-refractivity contribution is 0.188. The van der Waals surface area contributed by atoms with Crippen LogP contribution in [0.1, 0.15) is 28.5 Å². The van der Waals surface area contributed by atoms with Crippen LogP contribution in [0.5, 0.6) is 0 Å². The van der Waals surface area contributed by atoms with E-state index in [0.29, 0.717) is 25.6 Å².